The third-order valence-corrected chi connectivity index (χ3v) is 6.30. The number of rotatable bonds is 11. The lowest BCUT2D eigenvalue weighted by molar-refractivity contribution is -0.121. The number of hydrogen-bond donors (Lipinski definition) is 2. The second kappa shape index (κ2) is 12.2. The number of nitrogens with one attached hydrogen (secondary N) is 2. The van der Waals surface area contributed by atoms with Crippen LogP contribution < -0.4 is 15.4 Å². The summed E-state index contributed by atoms with van der Waals surface area (Å²) in [5, 5.41) is 15.1. The number of anilines is 1. The topological polar surface area (TPSA) is 98.1 Å². The highest BCUT2D eigenvalue weighted by molar-refractivity contribution is 7.99. The smallest absolute Gasteiger partial charge is 0.234 e. The maximum Gasteiger partial charge on any atom is 0.234 e. The highest BCUT2D eigenvalue weighted by Gasteiger charge is 2.20. The average Bonchev–Trinajstić information content (AvgIpc) is 3.23. The first kappa shape index (κ1) is 26.0. The van der Waals surface area contributed by atoms with Crippen LogP contribution in [0.15, 0.2) is 60.3 Å². The Morgan fingerprint density at radius 1 is 1.14 bits per heavy atom. The van der Waals surface area contributed by atoms with Crippen LogP contribution in [0.4, 0.5) is 5.69 Å². The molecule has 0 aliphatic carbocycles. The standard InChI is InChI=1S/C26H31N5O3S/c1-6-13-31-25(19(4)27-23(32)15-20-8-10-21(34-5)11-9-20)29-30-26(31)35-16-24(33)28-22-12-7-17(2)14-18(22)3/h6-12,14,19H,1,13,15-16H2,2-5H3,(H,27,32)(H,28,33)/t19-/m0/s1. The lowest BCUT2D eigenvalue weighted by atomic mass is 10.1. The second-order valence-electron chi connectivity index (χ2n) is 8.21. The van der Waals surface area contributed by atoms with Crippen molar-refractivity contribution in [3.05, 3.63) is 77.6 Å². The molecule has 1 heterocycles. The summed E-state index contributed by atoms with van der Waals surface area (Å²) in [5.41, 5.74) is 3.83. The molecule has 0 fully saturated rings. The van der Waals surface area contributed by atoms with E-state index in [4.69, 9.17) is 4.74 Å². The summed E-state index contributed by atoms with van der Waals surface area (Å²) >= 11 is 1.29. The molecule has 2 amide bonds. The van der Waals surface area contributed by atoms with Gasteiger partial charge in [-0.3, -0.25) is 9.59 Å². The van der Waals surface area contributed by atoms with Crippen LogP contribution in [-0.2, 0) is 22.6 Å². The number of methoxy groups -OCH3 is 1. The van der Waals surface area contributed by atoms with Gasteiger partial charge in [0.05, 0.1) is 25.3 Å². The molecule has 0 aliphatic rings. The first-order valence-electron chi connectivity index (χ1n) is 11.3. The Bertz CT molecular complexity index is 1190. The minimum atomic E-state index is -0.369. The molecule has 35 heavy (non-hydrogen) atoms. The molecule has 3 rings (SSSR count). The van der Waals surface area contributed by atoms with E-state index in [2.05, 4.69) is 27.4 Å². The molecule has 0 bridgehead atoms. The number of carbonyl (C=O) groups is 2. The van der Waals surface area contributed by atoms with Crippen molar-refractivity contribution in [2.24, 2.45) is 0 Å². The van der Waals surface area contributed by atoms with Crippen molar-refractivity contribution in [2.75, 3.05) is 18.2 Å². The van der Waals surface area contributed by atoms with Gasteiger partial charge >= 0.3 is 0 Å². The number of carbonyl (C=O) groups excluding carboxylic acids is 2. The van der Waals surface area contributed by atoms with E-state index in [1.165, 1.54) is 11.8 Å². The van der Waals surface area contributed by atoms with E-state index in [0.717, 1.165) is 28.1 Å². The lowest BCUT2D eigenvalue weighted by Crippen LogP contribution is -2.30. The largest absolute Gasteiger partial charge is 0.497 e. The molecule has 8 nitrogen and oxygen atoms in total. The lowest BCUT2D eigenvalue weighted by Gasteiger charge is -2.15. The van der Waals surface area contributed by atoms with Gasteiger partial charge in [0.15, 0.2) is 11.0 Å². The van der Waals surface area contributed by atoms with E-state index in [1.54, 1.807) is 13.2 Å². The molecule has 0 saturated heterocycles. The predicted molar refractivity (Wildman–Crippen MR) is 139 cm³/mol. The number of allylic oxidation sites excluding steroid dienone is 1. The Morgan fingerprint density at radius 2 is 1.89 bits per heavy atom. The van der Waals surface area contributed by atoms with Crippen LogP contribution >= 0.6 is 11.8 Å². The van der Waals surface area contributed by atoms with Crippen LogP contribution in [0.25, 0.3) is 0 Å². The van der Waals surface area contributed by atoms with Gasteiger partial charge in [0, 0.05) is 12.2 Å². The Morgan fingerprint density at radius 3 is 2.54 bits per heavy atom. The summed E-state index contributed by atoms with van der Waals surface area (Å²) in [7, 11) is 1.60. The van der Waals surface area contributed by atoms with Gasteiger partial charge in [0.25, 0.3) is 0 Å². The molecule has 2 aromatic carbocycles. The van der Waals surface area contributed by atoms with Gasteiger partial charge in [-0.15, -0.1) is 16.8 Å². The minimum absolute atomic E-state index is 0.127. The number of aromatic nitrogens is 3. The molecule has 0 spiro atoms. The van der Waals surface area contributed by atoms with Crippen molar-refractivity contribution in [2.45, 2.75) is 44.9 Å². The highest BCUT2D eigenvalue weighted by Crippen LogP contribution is 2.22. The zero-order valence-electron chi connectivity index (χ0n) is 20.5. The number of nitrogens with zero attached hydrogens (tertiary/aromatic N) is 3. The summed E-state index contributed by atoms with van der Waals surface area (Å²) < 4.78 is 7.02. The zero-order valence-corrected chi connectivity index (χ0v) is 21.3. The van der Waals surface area contributed by atoms with Crippen LogP contribution in [0.1, 0.15) is 35.5 Å². The molecule has 3 aromatic rings. The number of benzene rings is 2. The molecule has 0 unspecified atom stereocenters. The van der Waals surface area contributed by atoms with E-state index in [9.17, 15) is 9.59 Å². The number of aryl methyl sites for hydroxylation is 2. The monoisotopic (exact) mass is 493 g/mol. The molecule has 184 valence electrons. The van der Waals surface area contributed by atoms with E-state index < -0.39 is 0 Å². The Kier molecular flexibility index (Phi) is 9.08. The van der Waals surface area contributed by atoms with Gasteiger partial charge < -0.3 is 19.9 Å². The molecule has 9 heteroatoms. The van der Waals surface area contributed by atoms with Crippen molar-refractivity contribution in [1.82, 2.24) is 20.1 Å². The van der Waals surface area contributed by atoms with Crippen molar-refractivity contribution < 1.29 is 14.3 Å². The Labute approximate surface area is 210 Å². The number of amides is 2. The van der Waals surface area contributed by atoms with Crippen molar-refractivity contribution in [3.8, 4) is 5.75 Å². The third-order valence-electron chi connectivity index (χ3n) is 5.33. The van der Waals surface area contributed by atoms with Gasteiger partial charge in [-0.05, 0) is 50.1 Å². The number of thioether (sulfide) groups is 1. The maximum atomic E-state index is 12.6. The van der Waals surface area contributed by atoms with Crippen LogP contribution in [0.3, 0.4) is 0 Å². The van der Waals surface area contributed by atoms with Crippen LogP contribution in [0.2, 0.25) is 0 Å². The van der Waals surface area contributed by atoms with E-state index in [-0.39, 0.29) is 30.0 Å². The van der Waals surface area contributed by atoms with Gasteiger partial charge in [-0.25, -0.2) is 0 Å². The Hall–Kier alpha value is -3.59. The molecular formula is C26H31N5O3S. The van der Waals surface area contributed by atoms with Gasteiger partial charge in [-0.1, -0.05) is 47.7 Å². The first-order valence-corrected chi connectivity index (χ1v) is 12.3. The fourth-order valence-electron chi connectivity index (χ4n) is 3.58. The van der Waals surface area contributed by atoms with Crippen LogP contribution in [0, 0.1) is 13.8 Å². The van der Waals surface area contributed by atoms with Gasteiger partial charge in [0.2, 0.25) is 11.8 Å². The van der Waals surface area contributed by atoms with Crippen molar-refractivity contribution >= 4 is 29.3 Å². The summed E-state index contributed by atoms with van der Waals surface area (Å²) in [4.78, 5) is 25.1. The third kappa shape index (κ3) is 7.19. The van der Waals surface area contributed by atoms with E-state index in [0.29, 0.717) is 17.5 Å². The zero-order chi connectivity index (χ0) is 25.4. The van der Waals surface area contributed by atoms with Gasteiger partial charge in [0.1, 0.15) is 5.75 Å². The van der Waals surface area contributed by atoms with E-state index >= 15 is 0 Å². The van der Waals surface area contributed by atoms with Crippen molar-refractivity contribution in [1.29, 1.82) is 0 Å². The van der Waals surface area contributed by atoms with Crippen LogP contribution in [0.5, 0.6) is 5.75 Å². The summed E-state index contributed by atoms with van der Waals surface area (Å²) in [6, 6.07) is 12.9. The van der Waals surface area contributed by atoms with Crippen molar-refractivity contribution in [3.63, 3.8) is 0 Å². The SMILES string of the molecule is C=CCn1c(SCC(=O)Nc2ccc(C)cc2C)nnc1[C@H](C)NC(=O)Cc1ccc(OC)cc1. The molecule has 1 aromatic heterocycles. The molecule has 0 radical (unpaired) electrons. The fourth-order valence-corrected chi connectivity index (χ4v) is 4.34. The molecular weight excluding hydrogens is 462 g/mol. The minimum Gasteiger partial charge on any atom is -0.497 e. The molecule has 0 saturated carbocycles. The normalized spacial score (nSPS) is 11.5. The molecule has 0 aliphatic heterocycles. The Balaban J connectivity index is 1.61. The van der Waals surface area contributed by atoms with E-state index in [1.807, 2.05) is 67.8 Å². The summed E-state index contributed by atoms with van der Waals surface area (Å²) in [6.45, 7) is 10.1. The number of ether oxygens (including phenoxy) is 1. The fraction of sp³-hybridized carbons (Fsp3) is 0.308. The molecule has 2 N–H and O–H groups in total. The predicted octanol–water partition coefficient (Wildman–Crippen LogP) is 4.24. The summed E-state index contributed by atoms with van der Waals surface area (Å²) in [6.07, 6.45) is 1.97. The first-order chi connectivity index (χ1) is 16.8. The highest BCUT2D eigenvalue weighted by atomic mass is 32.2. The van der Waals surface area contributed by atoms with Gasteiger partial charge in [-0.2, -0.15) is 0 Å². The maximum absolute atomic E-state index is 12.6. The molecule has 1 atom stereocenters. The van der Waals surface area contributed by atoms with Crippen LogP contribution in [-0.4, -0.2) is 39.4 Å². The summed E-state index contributed by atoms with van der Waals surface area (Å²) in [5.74, 6) is 1.27. The second-order valence-corrected chi connectivity index (χ2v) is 9.15. The average molecular weight is 494 g/mol. The quantitative estimate of drug-likeness (QED) is 0.306. The number of hydrogen-bond acceptors (Lipinski definition) is 6.